The van der Waals surface area contributed by atoms with Crippen LogP contribution in [0.4, 0.5) is 11.4 Å². The third kappa shape index (κ3) is 13.4. The first-order valence-corrected chi connectivity index (χ1v) is 17.8. The molecule has 0 unspecified atom stereocenters. The molecule has 4 rings (SSSR count). The van der Waals surface area contributed by atoms with Crippen LogP contribution in [-0.2, 0) is 9.59 Å². The van der Waals surface area contributed by atoms with Gasteiger partial charge < -0.3 is 45.3 Å². The molecule has 1 heterocycles. The Morgan fingerprint density at radius 3 is 2.24 bits per heavy atom. The van der Waals surface area contributed by atoms with Gasteiger partial charge in [-0.1, -0.05) is 18.2 Å². The molecule has 4 amide bonds. The fourth-order valence-corrected chi connectivity index (χ4v) is 5.60. The number of anilines is 2. The monoisotopic (exact) mass is 788 g/mol. The average molecular weight is 790 g/mol. The number of likely N-dealkylation sites (N-methyl/N-ethyl adjacent to an activating group) is 2. The maximum atomic E-state index is 13.9. The van der Waals surface area contributed by atoms with Crippen molar-refractivity contribution in [1.82, 2.24) is 15.1 Å². The molecule has 1 saturated heterocycles. The standard InChI is InChI=1S/C39H52N6O7.2ClH/c1-28-14-17-32(35(25-28)51-23-9-5-6-13-37(47)45-21-19-43(3)20-22-45)44(4)39(49)29-15-16-31(34(26-29)52-27-36(46)41-2)42-38(48)30-11-7-8-12-33(30)50-24-10-18-40;;/h7-8,11-12,14-17,25-26H,5-6,9-10,13,18-24,27,40H2,1-4H3,(H,41,46)(H,42,48);2*1H. The predicted molar refractivity (Wildman–Crippen MR) is 216 cm³/mol. The molecule has 0 bridgehead atoms. The summed E-state index contributed by atoms with van der Waals surface area (Å²) in [6.07, 6.45) is 3.58. The molecule has 0 saturated carbocycles. The Bertz CT molecular complexity index is 1690. The first-order chi connectivity index (χ1) is 25.1. The highest BCUT2D eigenvalue weighted by atomic mass is 35.5. The second kappa shape index (κ2) is 23.3. The first kappa shape index (κ1) is 45.6. The molecule has 0 aromatic heterocycles. The molecule has 3 aromatic carbocycles. The molecule has 1 aliphatic heterocycles. The number of unbranched alkanes of at least 4 members (excludes halogenated alkanes) is 2. The van der Waals surface area contributed by atoms with Crippen LogP contribution in [0.2, 0.25) is 0 Å². The van der Waals surface area contributed by atoms with Crippen molar-refractivity contribution in [3.05, 3.63) is 77.4 Å². The Morgan fingerprint density at radius 1 is 0.815 bits per heavy atom. The lowest BCUT2D eigenvalue weighted by Crippen LogP contribution is -2.47. The largest absolute Gasteiger partial charge is 0.493 e. The van der Waals surface area contributed by atoms with Crippen LogP contribution in [0.5, 0.6) is 17.2 Å². The van der Waals surface area contributed by atoms with Crippen molar-refractivity contribution >= 4 is 59.8 Å². The van der Waals surface area contributed by atoms with E-state index in [0.29, 0.717) is 55.4 Å². The summed E-state index contributed by atoms with van der Waals surface area (Å²) in [5.41, 5.74) is 8.00. The lowest BCUT2D eigenvalue weighted by atomic mass is 10.1. The Kier molecular flexibility index (Phi) is 19.7. The summed E-state index contributed by atoms with van der Waals surface area (Å²) < 4.78 is 17.7. The van der Waals surface area contributed by atoms with E-state index in [0.717, 1.165) is 51.0 Å². The molecule has 13 nitrogen and oxygen atoms in total. The number of hydrogen-bond acceptors (Lipinski definition) is 9. The summed E-state index contributed by atoms with van der Waals surface area (Å²) in [6, 6.07) is 17.1. The molecule has 1 fully saturated rings. The van der Waals surface area contributed by atoms with Gasteiger partial charge in [-0.15, -0.1) is 24.8 Å². The number of halogens is 2. The fraction of sp³-hybridized carbons (Fsp3) is 0.436. The van der Waals surface area contributed by atoms with Gasteiger partial charge in [-0.25, -0.2) is 0 Å². The molecule has 0 spiro atoms. The van der Waals surface area contributed by atoms with Crippen molar-refractivity contribution in [2.45, 2.75) is 39.0 Å². The van der Waals surface area contributed by atoms with E-state index in [1.807, 2.05) is 30.0 Å². The van der Waals surface area contributed by atoms with E-state index in [2.05, 4.69) is 22.6 Å². The van der Waals surface area contributed by atoms with Crippen molar-refractivity contribution in [3.63, 3.8) is 0 Å². The highest BCUT2D eigenvalue weighted by Crippen LogP contribution is 2.33. The molecular weight excluding hydrogens is 735 g/mol. The van der Waals surface area contributed by atoms with Gasteiger partial charge in [0.15, 0.2) is 6.61 Å². The first-order valence-electron chi connectivity index (χ1n) is 17.8. The average Bonchev–Trinajstić information content (AvgIpc) is 3.15. The van der Waals surface area contributed by atoms with E-state index < -0.39 is 5.91 Å². The van der Waals surface area contributed by atoms with Crippen LogP contribution in [0, 0.1) is 6.92 Å². The van der Waals surface area contributed by atoms with E-state index in [1.165, 1.54) is 18.0 Å². The van der Waals surface area contributed by atoms with Gasteiger partial charge in [0.2, 0.25) is 5.91 Å². The summed E-state index contributed by atoms with van der Waals surface area (Å²) in [6.45, 7) is 6.27. The Morgan fingerprint density at radius 2 is 1.52 bits per heavy atom. The van der Waals surface area contributed by atoms with Crippen LogP contribution in [-0.4, -0.2) is 107 Å². The van der Waals surface area contributed by atoms with Crippen molar-refractivity contribution in [2.24, 2.45) is 5.73 Å². The number of ether oxygens (including phenoxy) is 3. The third-order valence-corrected chi connectivity index (χ3v) is 8.78. The number of nitrogens with zero attached hydrogens (tertiary/aromatic N) is 3. The van der Waals surface area contributed by atoms with Gasteiger partial charge in [-0.05, 0) is 94.2 Å². The van der Waals surface area contributed by atoms with Crippen molar-refractivity contribution < 1.29 is 33.4 Å². The Balaban J connectivity index is 0.00000504. The number of para-hydroxylation sites is 1. The Hall–Kier alpha value is -4.56. The minimum atomic E-state index is -0.451. The highest BCUT2D eigenvalue weighted by Gasteiger charge is 2.22. The summed E-state index contributed by atoms with van der Waals surface area (Å²) in [7, 11) is 5.22. The lowest BCUT2D eigenvalue weighted by Gasteiger charge is -2.32. The SMILES string of the molecule is CNC(=O)COc1cc(C(=O)N(C)c2ccc(C)cc2OCCCCCC(=O)N2CCN(C)CC2)ccc1NC(=O)c1ccccc1OCCCN.Cl.Cl. The van der Waals surface area contributed by atoms with E-state index in [9.17, 15) is 19.2 Å². The van der Waals surface area contributed by atoms with Crippen molar-refractivity contribution in [2.75, 3.05) is 83.9 Å². The molecule has 296 valence electrons. The van der Waals surface area contributed by atoms with Crippen LogP contribution in [0.15, 0.2) is 60.7 Å². The van der Waals surface area contributed by atoms with Gasteiger partial charge in [-0.3, -0.25) is 19.2 Å². The number of nitrogens with one attached hydrogen (secondary N) is 2. The molecular formula is C39H54Cl2N6O7. The van der Waals surface area contributed by atoms with Crippen LogP contribution in [0.1, 0.15) is 58.4 Å². The number of nitrogens with two attached hydrogens (primary N) is 1. The van der Waals surface area contributed by atoms with E-state index in [4.69, 9.17) is 19.9 Å². The van der Waals surface area contributed by atoms with Crippen molar-refractivity contribution in [1.29, 1.82) is 0 Å². The number of aryl methyl sites for hydroxylation is 1. The van der Waals surface area contributed by atoms with Gasteiger partial charge in [0, 0.05) is 52.3 Å². The number of carbonyl (C=O) groups is 4. The van der Waals surface area contributed by atoms with Crippen LogP contribution >= 0.6 is 24.8 Å². The van der Waals surface area contributed by atoms with Gasteiger partial charge in [0.1, 0.15) is 17.2 Å². The maximum Gasteiger partial charge on any atom is 0.259 e. The van der Waals surface area contributed by atoms with E-state index in [-0.39, 0.29) is 66.1 Å². The smallest absolute Gasteiger partial charge is 0.259 e. The topological polar surface area (TPSA) is 156 Å². The zero-order valence-corrected chi connectivity index (χ0v) is 33.2. The predicted octanol–water partition coefficient (Wildman–Crippen LogP) is 4.93. The molecule has 1 aliphatic rings. The second-order valence-electron chi connectivity index (χ2n) is 12.8. The number of amides is 4. The molecule has 0 atom stereocenters. The van der Waals surface area contributed by atoms with Gasteiger partial charge in [0.25, 0.3) is 17.7 Å². The molecule has 3 aromatic rings. The summed E-state index contributed by atoms with van der Waals surface area (Å²) in [5, 5.41) is 5.34. The normalized spacial score (nSPS) is 12.4. The molecule has 0 radical (unpaired) electrons. The maximum absolute atomic E-state index is 13.9. The lowest BCUT2D eigenvalue weighted by molar-refractivity contribution is -0.132. The number of benzene rings is 3. The Labute approximate surface area is 330 Å². The van der Waals surface area contributed by atoms with E-state index in [1.54, 1.807) is 43.4 Å². The fourth-order valence-electron chi connectivity index (χ4n) is 5.60. The van der Waals surface area contributed by atoms with Crippen LogP contribution < -0.4 is 35.5 Å². The minimum absolute atomic E-state index is 0. The summed E-state index contributed by atoms with van der Waals surface area (Å²) in [5.74, 6) is 0.141. The number of carbonyl (C=O) groups excluding carboxylic acids is 4. The number of piperazine rings is 1. The summed E-state index contributed by atoms with van der Waals surface area (Å²) >= 11 is 0. The number of rotatable bonds is 18. The minimum Gasteiger partial charge on any atom is -0.493 e. The molecule has 4 N–H and O–H groups in total. The van der Waals surface area contributed by atoms with Gasteiger partial charge >= 0.3 is 0 Å². The van der Waals surface area contributed by atoms with Crippen LogP contribution in [0.3, 0.4) is 0 Å². The molecule has 15 heteroatoms. The highest BCUT2D eigenvalue weighted by molar-refractivity contribution is 6.09. The quantitative estimate of drug-likeness (QED) is 0.152. The van der Waals surface area contributed by atoms with E-state index >= 15 is 0 Å². The zero-order valence-electron chi connectivity index (χ0n) is 31.6. The summed E-state index contributed by atoms with van der Waals surface area (Å²) in [4.78, 5) is 57.6. The van der Waals surface area contributed by atoms with Gasteiger partial charge in [-0.2, -0.15) is 0 Å². The number of hydrogen-bond donors (Lipinski definition) is 3. The molecule has 54 heavy (non-hydrogen) atoms. The zero-order chi connectivity index (χ0) is 37.5. The molecule has 0 aliphatic carbocycles. The third-order valence-electron chi connectivity index (χ3n) is 8.78. The second-order valence-corrected chi connectivity index (χ2v) is 12.8. The van der Waals surface area contributed by atoms with Crippen LogP contribution in [0.25, 0.3) is 0 Å². The van der Waals surface area contributed by atoms with Crippen molar-refractivity contribution in [3.8, 4) is 17.2 Å². The van der Waals surface area contributed by atoms with Gasteiger partial charge in [0.05, 0.1) is 30.2 Å².